The minimum Gasteiger partial charge on any atom is -0.493 e. The Morgan fingerprint density at radius 2 is 1.77 bits per heavy atom. The fourth-order valence-electron chi connectivity index (χ4n) is 2.11. The molecule has 0 saturated heterocycles. The molecule has 0 aliphatic rings. The molecule has 1 N–H and O–H groups in total. The molecular weight excluding hydrogens is 280 g/mol. The molecular formula is C17H20N2O3. The summed E-state index contributed by atoms with van der Waals surface area (Å²) in [5.41, 5.74) is 0.484. The molecule has 0 unspecified atom stereocenters. The van der Waals surface area contributed by atoms with Crippen LogP contribution in [0.25, 0.3) is 0 Å². The van der Waals surface area contributed by atoms with Crippen molar-refractivity contribution in [1.82, 2.24) is 10.3 Å². The van der Waals surface area contributed by atoms with Crippen LogP contribution in [0.4, 0.5) is 0 Å². The van der Waals surface area contributed by atoms with Crippen LogP contribution in [0, 0.1) is 0 Å². The zero-order valence-corrected chi connectivity index (χ0v) is 13.0. The Hall–Kier alpha value is -2.56. The lowest BCUT2D eigenvalue weighted by Crippen LogP contribution is -2.43. The Labute approximate surface area is 130 Å². The van der Waals surface area contributed by atoms with E-state index in [1.165, 1.54) is 0 Å². The van der Waals surface area contributed by atoms with Crippen LogP contribution >= 0.6 is 0 Å². The van der Waals surface area contributed by atoms with Gasteiger partial charge in [-0.3, -0.25) is 9.78 Å². The molecule has 0 bridgehead atoms. The molecule has 0 aliphatic carbocycles. The summed E-state index contributed by atoms with van der Waals surface area (Å²) in [5.74, 6) is 0.943. The Kier molecular flexibility index (Phi) is 4.99. The van der Waals surface area contributed by atoms with Crippen LogP contribution in [0.15, 0.2) is 48.8 Å². The first-order valence-electron chi connectivity index (χ1n) is 7.00. The maximum absolute atomic E-state index is 12.1. The van der Waals surface area contributed by atoms with Gasteiger partial charge < -0.3 is 14.8 Å². The Morgan fingerprint density at radius 3 is 2.41 bits per heavy atom. The lowest BCUT2D eigenvalue weighted by Gasteiger charge is -2.26. The molecule has 0 aliphatic heterocycles. The number of amides is 1. The van der Waals surface area contributed by atoms with Gasteiger partial charge in [-0.15, -0.1) is 0 Å². The molecule has 1 amide bonds. The Bertz CT molecular complexity index is 627. The van der Waals surface area contributed by atoms with E-state index in [4.69, 9.17) is 9.47 Å². The molecule has 22 heavy (non-hydrogen) atoms. The average Bonchev–Trinajstić information content (AvgIpc) is 2.53. The number of hydrogen-bond acceptors (Lipinski definition) is 4. The van der Waals surface area contributed by atoms with Gasteiger partial charge in [0.1, 0.15) is 0 Å². The van der Waals surface area contributed by atoms with Crippen LogP contribution in [0.2, 0.25) is 0 Å². The molecule has 5 nitrogen and oxygen atoms in total. The molecule has 0 fully saturated rings. The van der Waals surface area contributed by atoms with Gasteiger partial charge in [0, 0.05) is 12.4 Å². The van der Waals surface area contributed by atoms with Gasteiger partial charge in [0.2, 0.25) is 0 Å². The zero-order chi connectivity index (χ0) is 16.0. The number of carbonyl (C=O) groups is 1. The van der Waals surface area contributed by atoms with Gasteiger partial charge in [0.05, 0.1) is 12.6 Å². The molecule has 0 atom stereocenters. The van der Waals surface area contributed by atoms with Crippen LogP contribution in [-0.2, 0) is 10.3 Å². The fraction of sp³-hybridized carbons (Fsp3) is 0.294. The van der Waals surface area contributed by atoms with Gasteiger partial charge in [-0.05, 0) is 43.7 Å². The van der Waals surface area contributed by atoms with Crippen molar-refractivity contribution in [3.8, 4) is 11.5 Å². The molecule has 0 saturated carbocycles. The average molecular weight is 300 g/mol. The van der Waals surface area contributed by atoms with Crippen molar-refractivity contribution in [3.05, 3.63) is 54.4 Å². The summed E-state index contributed by atoms with van der Waals surface area (Å²) in [6.07, 6.45) is 3.41. The van der Waals surface area contributed by atoms with Gasteiger partial charge in [-0.25, -0.2) is 0 Å². The van der Waals surface area contributed by atoms with Crippen molar-refractivity contribution >= 4 is 5.91 Å². The summed E-state index contributed by atoms with van der Waals surface area (Å²) in [5, 5.41) is 2.95. The van der Waals surface area contributed by atoms with E-state index in [1.54, 1.807) is 31.6 Å². The van der Waals surface area contributed by atoms with E-state index in [2.05, 4.69) is 10.3 Å². The Balaban J connectivity index is 1.96. The molecule has 5 heteroatoms. The van der Waals surface area contributed by atoms with E-state index in [0.29, 0.717) is 11.5 Å². The number of rotatable bonds is 6. The molecule has 0 radical (unpaired) electrons. The van der Waals surface area contributed by atoms with E-state index < -0.39 is 5.54 Å². The number of pyridine rings is 1. The van der Waals surface area contributed by atoms with Crippen LogP contribution in [0.5, 0.6) is 11.5 Å². The topological polar surface area (TPSA) is 60.5 Å². The normalized spacial score (nSPS) is 10.9. The first-order valence-corrected chi connectivity index (χ1v) is 7.00. The van der Waals surface area contributed by atoms with Gasteiger partial charge in [-0.2, -0.15) is 0 Å². The van der Waals surface area contributed by atoms with Gasteiger partial charge >= 0.3 is 0 Å². The highest BCUT2D eigenvalue weighted by Gasteiger charge is 2.22. The first kappa shape index (κ1) is 15.8. The molecule has 2 aromatic rings. The van der Waals surface area contributed by atoms with Gasteiger partial charge in [0.25, 0.3) is 5.91 Å². The quantitative estimate of drug-likeness (QED) is 0.890. The van der Waals surface area contributed by atoms with Crippen LogP contribution in [0.1, 0.15) is 19.4 Å². The molecule has 1 aromatic heterocycles. The van der Waals surface area contributed by atoms with Gasteiger partial charge in [-0.1, -0.05) is 12.1 Å². The highest BCUT2D eigenvalue weighted by molar-refractivity contribution is 5.78. The first-order chi connectivity index (χ1) is 10.5. The van der Waals surface area contributed by atoms with E-state index in [-0.39, 0.29) is 12.5 Å². The van der Waals surface area contributed by atoms with E-state index in [9.17, 15) is 4.79 Å². The molecule has 1 aromatic carbocycles. The lowest BCUT2D eigenvalue weighted by molar-refractivity contribution is -0.124. The number of aromatic nitrogens is 1. The number of methoxy groups -OCH3 is 1. The van der Waals surface area contributed by atoms with Crippen molar-refractivity contribution < 1.29 is 14.3 Å². The second-order valence-corrected chi connectivity index (χ2v) is 5.35. The summed E-state index contributed by atoms with van der Waals surface area (Å²) in [6, 6.07) is 11.0. The maximum atomic E-state index is 12.1. The predicted molar refractivity (Wildman–Crippen MR) is 83.9 cm³/mol. The summed E-state index contributed by atoms with van der Waals surface area (Å²) in [4.78, 5) is 16.1. The van der Waals surface area contributed by atoms with Crippen molar-refractivity contribution in [2.24, 2.45) is 0 Å². The molecule has 116 valence electrons. The number of para-hydroxylation sites is 2. The molecule has 1 heterocycles. The van der Waals surface area contributed by atoms with Crippen molar-refractivity contribution in [2.45, 2.75) is 19.4 Å². The number of carbonyl (C=O) groups excluding carboxylic acids is 1. The van der Waals surface area contributed by atoms with Crippen LogP contribution in [0.3, 0.4) is 0 Å². The third kappa shape index (κ3) is 3.97. The van der Waals surface area contributed by atoms with Crippen molar-refractivity contribution in [2.75, 3.05) is 13.7 Å². The fourth-order valence-corrected chi connectivity index (χ4v) is 2.11. The number of benzene rings is 1. The number of nitrogens with one attached hydrogen (secondary N) is 1. The minimum atomic E-state index is -0.496. The van der Waals surface area contributed by atoms with E-state index in [0.717, 1.165) is 5.56 Å². The smallest absolute Gasteiger partial charge is 0.258 e. The van der Waals surface area contributed by atoms with Gasteiger partial charge in [0.15, 0.2) is 18.1 Å². The predicted octanol–water partition coefficient (Wildman–Crippen LogP) is 2.52. The summed E-state index contributed by atoms with van der Waals surface area (Å²) in [7, 11) is 1.56. The van der Waals surface area contributed by atoms with E-state index >= 15 is 0 Å². The highest BCUT2D eigenvalue weighted by Crippen LogP contribution is 2.25. The third-order valence-electron chi connectivity index (χ3n) is 3.28. The number of ether oxygens (including phenoxy) is 2. The third-order valence-corrected chi connectivity index (χ3v) is 3.28. The summed E-state index contributed by atoms with van der Waals surface area (Å²) in [6.45, 7) is 3.79. The van der Waals surface area contributed by atoms with Crippen LogP contribution < -0.4 is 14.8 Å². The SMILES string of the molecule is COc1ccccc1OCC(=O)NC(C)(C)c1ccncc1. The summed E-state index contributed by atoms with van der Waals surface area (Å²) < 4.78 is 10.7. The molecule has 2 rings (SSSR count). The highest BCUT2D eigenvalue weighted by atomic mass is 16.5. The number of hydrogen-bond donors (Lipinski definition) is 1. The standard InChI is InChI=1S/C17H20N2O3/c1-17(2,13-8-10-18-11-9-13)19-16(20)12-22-15-7-5-4-6-14(15)21-3/h4-11H,12H2,1-3H3,(H,19,20). The Morgan fingerprint density at radius 1 is 1.14 bits per heavy atom. The van der Waals surface area contributed by atoms with Crippen LogP contribution in [-0.4, -0.2) is 24.6 Å². The largest absolute Gasteiger partial charge is 0.493 e. The number of nitrogens with zero attached hydrogens (tertiary/aromatic N) is 1. The van der Waals surface area contributed by atoms with E-state index in [1.807, 2.05) is 38.1 Å². The summed E-state index contributed by atoms with van der Waals surface area (Å²) >= 11 is 0. The second-order valence-electron chi connectivity index (χ2n) is 5.35. The lowest BCUT2D eigenvalue weighted by atomic mass is 9.95. The molecule has 0 spiro atoms. The maximum Gasteiger partial charge on any atom is 0.258 e. The van der Waals surface area contributed by atoms with Crippen molar-refractivity contribution in [3.63, 3.8) is 0 Å². The second kappa shape index (κ2) is 6.93. The monoisotopic (exact) mass is 300 g/mol. The minimum absolute atomic E-state index is 0.0745. The van der Waals surface area contributed by atoms with Crippen molar-refractivity contribution in [1.29, 1.82) is 0 Å². The zero-order valence-electron chi connectivity index (χ0n) is 13.0.